The van der Waals surface area contributed by atoms with E-state index in [0.29, 0.717) is 0 Å². The average Bonchev–Trinajstić information content (AvgIpc) is 2.48. The Labute approximate surface area is 117 Å². The van der Waals surface area contributed by atoms with E-state index in [9.17, 15) is 0 Å². The van der Waals surface area contributed by atoms with E-state index in [4.69, 9.17) is 0 Å². The van der Waals surface area contributed by atoms with Crippen LogP contribution in [0.1, 0.15) is 11.3 Å². The number of hydrogen-bond acceptors (Lipinski definition) is 4. The smallest absolute Gasteiger partial charge is 0.0726 e. The van der Waals surface area contributed by atoms with Crippen molar-refractivity contribution in [2.24, 2.45) is 5.10 Å². The maximum Gasteiger partial charge on any atom is 0.0726 e. The minimum absolute atomic E-state index is 0.957. The molecule has 0 fully saturated rings. The Hall–Kier alpha value is -2.75. The fourth-order valence-electron chi connectivity index (χ4n) is 2.03. The minimum Gasteiger partial charge on any atom is -0.278 e. The van der Waals surface area contributed by atoms with Gasteiger partial charge >= 0.3 is 0 Å². The van der Waals surface area contributed by atoms with Crippen LogP contribution in [0.15, 0.2) is 60.0 Å². The summed E-state index contributed by atoms with van der Waals surface area (Å²) in [5.74, 6) is 0. The molecule has 0 aliphatic rings. The molecule has 0 atom stereocenters. The lowest BCUT2D eigenvalue weighted by atomic mass is 10.1. The van der Waals surface area contributed by atoms with Gasteiger partial charge in [-0.1, -0.05) is 18.2 Å². The predicted molar refractivity (Wildman–Crippen MR) is 81.9 cm³/mol. The molecule has 20 heavy (non-hydrogen) atoms. The molecule has 0 aliphatic heterocycles. The van der Waals surface area contributed by atoms with Crippen LogP contribution in [0.2, 0.25) is 0 Å². The molecule has 3 aromatic rings. The number of aromatic nitrogens is 2. The summed E-state index contributed by atoms with van der Waals surface area (Å²) < 4.78 is 0. The molecule has 0 saturated carbocycles. The molecule has 0 unspecified atom stereocenters. The van der Waals surface area contributed by atoms with E-state index in [1.165, 1.54) is 0 Å². The number of aryl methyl sites for hydroxylation is 1. The van der Waals surface area contributed by atoms with Gasteiger partial charge in [0, 0.05) is 23.5 Å². The largest absolute Gasteiger partial charge is 0.278 e. The van der Waals surface area contributed by atoms with Gasteiger partial charge < -0.3 is 0 Å². The zero-order valence-electron chi connectivity index (χ0n) is 11.1. The van der Waals surface area contributed by atoms with Gasteiger partial charge in [-0.15, -0.1) is 0 Å². The first-order valence-corrected chi connectivity index (χ1v) is 6.38. The Morgan fingerprint density at radius 3 is 2.75 bits per heavy atom. The molecule has 0 spiro atoms. The first kappa shape index (κ1) is 12.3. The highest BCUT2D eigenvalue weighted by Gasteiger charge is 2.01. The lowest BCUT2D eigenvalue weighted by Crippen LogP contribution is -1.94. The molecule has 2 heterocycles. The third-order valence-electron chi connectivity index (χ3n) is 2.95. The molecular formula is C16H14N4. The Morgan fingerprint density at radius 2 is 1.90 bits per heavy atom. The fourth-order valence-corrected chi connectivity index (χ4v) is 2.03. The number of hydrazone groups is 1. The Bertz CT molecular complexity index is 751. The zero-order valence-corrected chi connectivity index (χ0v) is 11.1. The molecule has 2 aromatic heterocycles. The molecule has 98 valence electrons. The maximum atomic E-state index is 4.50. The third-order valence-corrected chi connectivity index (χ3v) is 2.95. The predicted octanol–water partition coefficient (Wildman–Crippen LogP) is 3.38. The van der Waals surface area contributed by atoms with Gasteiger partial charge in [0.25, 0.3) is 0 Å². The number of benzene rings is 1. The summed E-state index contributed by atoms with van der Waals surface area (Å²) in [7, 11) is 0. The second kappa shape index (κ2) is 5.48. The SMILES string of the molecule is Cc1cc(N/N=C/c2ccncc2)c2ccccc2n1. The quantitative estimate of drug-likeness (QED) is 0.581. The Balaban J connectivity index is 1.89. The monoisotopic (exact) mass is 262 g/mol. The van der Waals surface area contributed by atoms with Gasteiger partial charge in [-0.3, -0.25) is 15.4 Å². The van der Waals surface area contributed by atoms with Crippen LogP contribution >= 0.6 is 0 Å². The highest BCUT2D eigenvalue weighted by Crippen LogP contribution is 2.22. The van der Waals surface area contributed by atoms with Crippen LogP contribution < -0.4 is 5.43 Å². The van der Waals surface area contributed by atoms with Gasteiger partial charge in [-0.25, -0.2) is 0 Å². The standard InChI is InChI=1S/C16H14N4/c1-12-10-16(14-4-2-3-5-15(14)19-12)20-18-11-13-6-8-17-9-7-13/h2-11H,1H3,(H,19,20)/b18-11+. The van der Waals surface area contributed by atoms with E-state index < -0.39 is 0 Å². The topological polar surface area (TPSA) is 50.2 Å². The van der Waals surface area contributed by atoms with E-state index in [1.54, 1.807) is 18.6 Å². The van der Waals surface area contributed by atoms with E-state index in [1.807, 2.05) is 49.4 Å². The van der Waals surface area contributed by atoms with Gasteiger partial charge in [0.1, 0.15) is 0 Å². The molecule has 0 aliphatic carbocycles. The summed E-state index contributed by atoms with van der Waals surface area (Å²) in [5, 5.41) is 5.33. The van der Waals surface area contributed by atoms with Crippen LogP contribution in [-0.4, -0.2) is 16.2 Å². The van der Waals surface area contributed by atoms with Gasteiger partial charge in [-0.2, -0.15) is 5.10 Å². The summed E-state index contributed by atoms with van der Waals surface area (Å²) in [5.41, 5.74) is 6.98. The van der Waals surface area contributed by atoms with Crippen molar-refractivity contribution in [2.75, 3.05) is 5.43 Å². The van der Waals surface area contributed by atoms with Crippen molar-refractivity contribution in [1.29, 1.82) is 0 Å². The number of hydrogen-bond donors (Lipinski definition) is 1. The summed E-state index contributed by atoms with van der Waals surface area (Å²) in [6.07, 6.45) is 5.26. The normalized spacial score (nSPS) is 11.1. The number of nitrogens with zero attached hydrogens (tertiary/aromatic N) is 3. The molecule has 1 N–H and O–H groups in total. The molecule has 4 heteroatoms. The second-order valence-electron chi connectivity index (χ2n) is 4.48. The highest BCUT2D eigenvalue weighted by atomic mass is 15.3. The van der Waals surface area contributed by atoms with Crippen LogP contribution in [0, 0.1) is 6.92 Å². The Morgan fingerprint density at radius 1 is 1.10 bits per heavy atom. The number of pyridine rings is 2. The number of fused-ring (bicyclic) bond motifs is 1. The van der Waals surface area contributed by atoms with E-state index >= 15 is 0 Å². The molecule has 1 aromatic carbocycles. The maximum absolute atomic E-state index is 4.50. The lowest BCUT2D eigenvalue weighted by molar-refractivity contribution is 1.24. The highest BCUT2D eigenvalue weighted by molar-refractivity contribution is 5.91. The van der Waals surface area contributed by atoms with Crippen molar-refractivity contribution in [3.05, 3.63) is 66.1 Å². The first-order chi connectivity index (χ1) is 9.83. The molecule has 4 nitrogen and oxygen atoms in total. The molecule has 0 saturated heterocycles. The summed E-state index contributed by atoms with van der Waals surface area (Å²) in [6.45, 7) is 1.98. The first-order valence-electron chi connectivity index (χ1n) is 6.38. The summed E-state index contributed by atoms with van der Waals surface area (Å²) >= 11 is 0. The van der Waals surface area contributed by atoms with Crippen LogP contribution in [0.5, 0.6) is 0 Å². The van der Waals surface area contributed by atoms with E-state index in [2.05, 4.69) is 20.5 Å². The number of nitrogens with one attached hydrogen (secondary N) is 1. The van der Waals surface area contributed by atoms with Crippen molar-refractivity contribution in [1.82, 2.24) is 9.97 Å². The molecule has 3 rings (SSSR count). The van der Waals surface area contributed by atoms with Gasteiger partial charge in [-0.05, 0) is 36.8 Å². The molecule has 0 bridgehead atoms. The number of rotatable bonds is 3. The van der Waals surface area contributed by atoms with Crippen LogP contribution in [-0.2, 0) is 0 Å². The molecule has 0 amide bonds. The lowest BCUT2D eigenvalue weighted by Gasteiger charge is -2.06. The minimum atomic E-state index is 0.957. The van der Waals surface area contributed by atoms with Gasteiger partial charge in [0.2, 0.25) is 0 Å². The van der Waals surface area contributed by atoms with Crippen molar-refractivity contribution in [3.8, 4) is 0 Å². The van der Waals surface area contributed by atoms with Gasteiger partial charge in [0.05, 0.1) is 17.4 Å². The number of para-hydroxylation sites is 1. The molecular weight excluding hydrogens is 248 g/mol. The molecule has 0 radical (unpaired) electrons. The van der Waals surface area contributed by atoms with Crippen molar-refractivity contribution >= 4 is 22.8 Å². The van der Waals surface area contributed by atoms with Crippen molar-refractivity contribution in [3.63, 3.8) is 0 Å². The fraction of sp³-hybridized carbons (Fsp3) is 0.0625. The van der Waals surface area contributed by atoms with Crippen LogP contribution in [0.25, 0.3) is 10.9 Å². The van der Waals surface area contributed by atoms with Crippen molar-refractivity contribution < 1.29 is 0 Å². The van der Waals surface area contributed by atoms with Crippen LogP contribution in [0.3, 0.4) is 0 Å². The number of anilines is 1. The third kappa shape index (κ3) is 2.64. The average molecular weight is 262 g/mol. The van der Waals surface area contributed by atoms with Crippen molar-refractivity contribution in [2.45, 2.75) is 6.92 Å². The van der Waals surface area contributed by atoms with Crippen LogP contribution in [0.4, 0.5) is 5.69 Å². The second-order valence-corrected chi connectivity index (χ2v) is 4.48. The van der Waals surface area contributed by atoms with E-state index in [-0.39, 0.29) is 0 Å². The van der Waals surface area contributed by atoms with E-state index in [0.717, 1.165) is 27.8 Å². The Kier molecular flexibility index (Phi) is 3.37. The summed E-state index contributed by atoms with van der Waals surface area (Å²) in [4.78, 5) is 8.48. The summed E-state index contributed by atoms with van der Waals surface area (Å²) in [6, 6.07) is 13.8. The van der Waals surface area contributed by atoms with Gasteiger partial charge in [0.15, 0.2) is 0 Å². The zero-order chi connectivity index (χ0) is 13.8.